The van der Waals surface area contributed by atoms with E-state index in [2.05, 4.69) is 40.5 Å². The molecule has 0 atom stereocenters. The van der Waals surface area contributed by atoms with E-state index in [1.165, 1.54) is 5.70 Å². The van der Waals surface area contributed by atoms with Gasteiger partial charge < -0.3 is 4.90 Å². The van der Waals surface area contributed by atoms with Crippen molar-refractivity contribution in [1.29, 1.82) is 0 Å². The van der Waals surface area contributed by atoms with Crippen LogP contribution in [0.15, 0.2) is 41.3 Å². The molecule has 0 spiro atoms. The lowest BCUT2D eigenvalue weighted by Crippen LogP contribution is -2.13. The number of hydrogen-bond acceptors (Lipinski definition) is 2. The van der Waals surface area contributed by atoms with Crippen LogP contribution in [0.5, 0.6) is 0 Å². The SMILES string of the molecule is C1=CN(C2=CCN=CC2)C=CC1. The van der Waals surface area contributed by atoms with E-state index in [1.54, 1.807) is 0 Å². The lowest BCUT2D eigenvalue weighted by molar-refractivity contribution is 0.600. The van der Waals surface area contributed by atoms with Crippen LogP contribution in [0.3, 0.4) is 0 Å². The van der Waals surface area contributed by atoms with Crippen molar-refractivity contribution in [1.82, 2.24) is 4.90 Å². The lowest BCUT2D eigenvalue weighted by Gasteiger charge is -2.21. The third kappa shape index (κ3) is 1.47. The van der Waals surface area contributed by atoms with Gasteiger partial charge in [-0.3, -0.25) is 4.99 Å². The Morgan fingerprint density at radius 3 is 2.75 bits per heavy atom. The van der Waals surface area contributed by atoms with Crippen LogP contribution in [0.25, 0.3) is 0 Å². The first-order chi connectivity index (χ1) is 5.97. The zero-order valence-corrected chi connectivity index (χ0v) is 6.98. The molecular weight excluding hydrogens is 148 g/mol. The van der Waals surface area contributed by atoms with E-state index >= 15 is 0 Å². The van der Waals surface area contributed by atoms with Crippen molar-refractivity contribution in [3.8, 4) is 0 Å². The molecule has 0 fully saturated rings. The number of nitrogens with zero attached hydrogens (tertiary/aromatic N) is 2. The fourth-order valence-electron chi connectivity index (χ4n) is 1.35. The average molecular weight is 160 g/mol. The predicted molar refractivity (Wildman–Crippen MR) is 50.8 cm³/mol. The second-order valence-electron chi connectivity index (χ2n) is 2.86. The van der Waals surface area contributed by atoms with Gasteiger partial charge in [-0.25, -0.2) is 0 Å². The van der Waals surface area contributed by atoms with Gasteiger partial charge in [0.15, 0.2) is 0 Å². The third-order valence-electron chi connectivity index (χ3n) is 2.00. The van der Waals surface area contributed by atoms with Crippen molar-refractivity contribution in [2.24, 2.45) is 4.99 Å². The minimum absolute atomic E-state index is 0.827. The Kier molecular flexibility index (Phi) is 2.08. The molecular formula is C10H12N2. The summed E-state index contributed by atoms with van der Waals surface area (Å²) in [5, 5.41) is 0. The summed E-state index contributed by atoms with van der Waals surface area (Å²) < 4.78 is 0. The van der Waals surface area contributed by atoms with Gasteiger partial charge in [0.1, 0.15) is 0 Å². The smallest absolute Gasteiger partial charge is 0.0586 e. The number of hydrogen-bond donors (Lipinski definition) is 0. The minimum Gasteiger partial charge on any atom is -0.328 e. The first kappa shape index (κ1) is 7.35. The van der Waals surface area contributed by atoms with Crippen LogP contribution < -0.4 is 0 Å². The van der Waals surface area contributed by atoms with Crippen LogP contribution in [0.4, 0.5) is 0 Å². The first-order valence-electron chi connectivity index (χ1n) is 4.26. The van der Waals surface area contributed by atoms with Crippen molar-refractivity contribution < 1.29 is 0 Å². The number of allylic oxidation sites excluding steroid dienone is 3. The molecule has 0 aromatic carbocycles. The fourth-order valence-corrected chi connectivity index (χ4v) is 1.35. The van der Waals surface area contributed by atoms with E-state index in [9.17, 15) is 0 Å². The van der Waals surface area contributed by atoms with E-state index in [1.807, 2.05) is 6.21 Å². The van der Waals surface area contributed by atoms with Gasteiger partial charge in [-0.05, 0) is 12.5 Å². The molecule has 62 valence electrons. The molecule has 2 aliphatic heterocycles. The van der Waals surface area contributed by atoms with Crippen molar-refractivity contribution in [3.05, 3.63) is 36.3 Å². The number of aliphatic imine (C=N–C) groups is 1. The van der Waals surface area contributed by atoms with Crippen LogP contribution in [0.2, 0.25) is 0 Å². The minimum atomic E-state index is 0.827. The summed E-state index contributed by atoms with van der Waals surface area (Å²) >= 11 is 0. The van der Waals surface area contributed by atoms with Crippen LogP contribution in [-0.4, -0.2) is 17.7 Å². The summed E-state index contributed by atoms with van der Waals surface area (Å²) in [6.45, 7) is 0.827. The number of dihydropyridines is 1. The third-order valence-corrected chi connectivity index (χ3v) is 2.00. The Hall–Kier alpha value is -1.31. The maximum atomic E-state index is 4.15. The second-order valence-corrected chi connectivity index (χ2v) is 2.86. The largest absolute Gasteiger partial charge is 0.328 e. The summed E-state index contributed by atoms with van der Waals surface area (Å²) in [6.07, 6.45) is 14.7. The van der Waals surface area contributed by atoms with E-state index in [0.29, 0.717) is 0 Å². The molecule has 2 nitrogen and oxygen atoms in total. The highest BCUT2D eigenvalue weighted by Crippen LogP contribution is 2.15. The van der Waals surface area contributed by atoms with E-state index in [4.69, 9.17) is 0 Å². The molecule has 0 radical (unpaired) electrons. The van der Waals surface area contributed by atoms with Gasteiger partial charge >= 0.3 is 0 Å². The normalized spacial score (nSPS) is 21.3. The summed E-state index contributed by atoms with van der Waals surface area (Å²) in [5.41, 5.74) is 1.33. The van der Waals surface area contributed by atoms with E-state index < -0.39 is 0 Å². The molecule has 0 amide bonds. The Bertz CT molecular complexity index is 260. The van der Waals surface area contributed by atoms with Gasteiger partial charge in [0.05, 0.1) is 6.54 Å². The molecule has 2 heteroatoms. The quantitative estimate of drug-likeness (QED) is 0.573. The maximum Gasteiger partial charge on any atom is 0.0586 e. The second kappa shape index (κ2) is 3.39. The standard InChI is InChI=1S/C10H12N2/c1-2-8-12(9-3-1)10-4-6-11-7-5-10/h2-4,7-9H,1,5-6H2. The van der Waals surface area contributed by atoms with Crippen molar-refractivity contribution in [3.63, 3.8) is 0 Å². The van der Waals surface area contributed by atoms with Crippen LogP contribution >= 0.6 is 0 Å². The van der Waals surface area contributed by atoms with Crippen molar-refractivity contribution >= 4 is 6.21 Å². The van der Waals surface area contributed by atoms with Gasteiger partial charge in [0.25, 0.3) is 0 Å². The molecule has 2 aliphatic rings. The number of rotatable bonds is 1. The Morgan fingerprint density at radius 2 is 2.08 bits per heavy atom. The monoisotopic (exact) mass is 160 g/mol. The van der Waals surface area contributed by atoms with E-state index in [0.717, 1.165) is 19.4 Å². The van der Waals surface area contributed by atoms with Crippen LogP contribution in [0, 0.1) is 0 Å². The maximum absolute atomic E-state index is 4.15. The fraction of sp³-hybridized carbons (Fsp3) is 0.300. The molecule has 0 aromatic rings. The van der Waals surface area contributed by atoms with Crippen LogP contribution in [-0.2, 0) is 0 Å². The van der Waals surface area contributed by atoms with Gasteiger partial charge in [0.2, 0.25) is 0 Å². The van der Waals surface area contributed by atoms with Gasteiger partial charge in [-0.1, -0.05) is 12.2 Å². The molecule has 0 unspecified atom stereocenters. The Morgan fingerprint density at radius 1 is 1.25 bits per heavy atom. The molecule has 0 aromatic heterocycles. The highest BCUT2D eigenvalue weighted by Gasteiger charge is 2.05. The van der Waals surface area contributed by atoms with Crippen LogP contribution in [0.1, 0.15) is 12.8 Å². The van der Waals surface area contributed by atoms with Crippen molar-refractivity contribution in [2.45, 2.75) is 12.8 Å². The molecule has 0 bridgehead atoms. The molecule has 12 heavy (non-hydrogen) atoms. The van der Waals surface area contributed by atoms with Gasteiger partial charge in [0, 0.05) is 30.7 Å². The average Bonchev–Trinajstić information content (AvgIpc) is 2.21. The summed E-state index contributed by atoms with van der Waals surface area (Å²) in [4.78, 5) is 6.31. The van der Waals surface area contributed by atoms with Gasteiger partial charge in [-0.2, -0.15) is 0 Å². The molecule has 2 heterocycles. The zero-order valence-electron chi connectivity index (χ0n) is 6.98. The summed E-state index contributed by atoms with van der Waals surface area (Å²) in [7, 11) is 0. The molecule has 0 saturated heterocycles. The summed E-state index contributed by atoms with van der Waals surface area (Å²) in [5.74, 6) is 0. The Balaban J connectivity index is 2.08. The lowest BCUT2D eigenvalue weighted by atomic mass is 10.2. The highest BCUT2D eigenvalue weighted by atomic mass is 15.1. The molecule has 2 rings (SSSR count). The summed E-state index contributed by atoms with van der Waals surface area (Å²) in [6, 6.07) is 0. The van der Waals surface area contributed by atoms with Crippen molar-refractivity contribution in [2.75, 3.05) is 6.54 Å². The first-order valence-corrected chi connectivity index (χ1v) is 4.26. The van der Waals surface area contributed by atoms with Gasteiger partial charge in [-0.15, -0.1) is 0 Å². The van der Waals surface area contributed by atoms with E-state index in [-0.39, 0.29) is 0 Å². The predicted octanol–water partition coefficient (Wildman–Crippen LogP) is 2.08. The Labute approximate surface area is 72.6 Å². The molecule has 0 aliphatic carbocycles. The zero-order chi connectivity index (χ0) is 8.23. The topological polar surface area (TPSA) is 15.6 Å². The molecule has 0 saturated carbocycles. The molecule has 0 N–H and O–H groups in total. The highest BCUT2D eigenvalue weighted by molar-refractivity contribution is 5.62.